The van der Waals surface area contributed by atoms with Gasteiger partial charge in [-0.1, -0.05) is 65.8 Å². The number of rotatable bonds is 6. The Kier molecular flexibility index (Phi) is 8.04. The maximum absolute atomic E-state index is 13.7. The second-order valence-electron chi connectivity index (χ2n) is 11.0. The summed E-state index contributed by atoms with van der Waals surface area (Å²) in [6.45, 7) is 4.44. The first-order valence-electron chi connectivity index (χ1n) is 14.6. The van der Waals surface area contributed by atoms with Crippen molar-refractivity contribution >= 4 is 46.9 Å². The van der Waals surface area contributed by atoms with Crippen molar-refractivity contribution in [1.82, 2.24) is 9.80 Å². The van der Waals surface area contributed by atoms with Crippen molar-refractivity contribution in [1.29, 1.82) is 0 Å². The molecule has 7 rings (SSSR count). The van der Waals surface area contributed by atoms with Gasteiger partial charge in [0.25, 0.3) is 11.8 Å². The summed E-state index contributed by atoms with van der Waals surface area (Å²) in [4.78, 5) is 34.7. The number of para-hydroxylation sites is 1. The predicted molar refractivity (Wildman–Crippen MR) is 173 cm³/mol. The smallest absolute Gasteiger partial charge is 0.265 e. The Morgan fingerprint density at radius 2 is 1.59 bits per heavy atom. The van der Waals surface area contributed by atoms with Crippen molar-refractivity contribution in [2.75, 3.05) is 37.9 Å². The van der Waals surface area contributed by atoms with Crippen molar-refractivity contribution in [3.63, 3.8) is 0 Å². The van der Waals surface area contributed by atoms with Crippen LogP contribution in [0.4, 0.5) is 5.69 Å². The molecule has 44 heavy (non-hydrogen) atoms. The van der Waals surface area contributed by atoms with Crippen LogP contribution in [-0.2, 0) is 17.9 Å². The summed E-state index contributed by atoms with van der Waals surface area (Å²) in [5.41, 5.74) is 4.53. The Morgan fingerprint density at radius 3 is 2.41 bits per heavy atom. The number of piperazine rings is 1. The van der Waals surface area contributed by atoms with Crippen molar-refractivity contribution in [2.24, 2.45) is 0 Å². The number of fused-ring (bicyclic) bond motifs is 2. The highest BCUT2D eigenvalue weighted by Crippen LogP contribution is 2.42. The van der Waals surface area contributed by atoms with Crippen LogP contribution in [0.15, 0.2) is 101 Å². The zero-order valence-corrected chi connectivity index (χ0v) is 25.5. The lowest BCUT2D eigenvalue weighted by molar-refractivity contribution is -0.114. The number of nitrogens with zero attached hydrogens (tertiary/aromatic N) is 3. The van der Waals surface area contributed by atoms with Crippen LogP contribution in [0.2, 0.25) is 5.02 Å². The van der Waals surface area contributed by atoms with E-state index in [1.807, 2.05) is 95.9 Å². The molecule has 0 spiro atoms. The van der Waals surface area contributed by atoms with Gasteiger partial charge in [-0.25, -0.2) is 0 Å². The molecule has 1 saturated heterocycles. The minimum absolute atomic E-state index is 0.0247. The van der Waals surface area contributed by atoms with Crippen LogP contribution in [0.5, 0.6) is 11.5 Å². The summed E-state index contributed by atoms with van der Waals surface area (Å²) in [6, 6.07) is 29.1. The highest BCUT2D eigenvalue weighted by Gasteiger charge is 2.29. The van der Waals surface area contributed by atoms with Gasteiger partial charge < -0.3 is 19.3 Å². The first-order valence-corrected chi connectivity index (χ1v) is 15.7. The van der Waals surface area contributed by atoms with Crippen molar-refractivity contribution in [3.05, 3.63) is 123 Å². The van der Waals surface area contributed by atoms with Gasteiger partial charge in [0, 0.05) is 48.2 Å². The van der Waals surface area contributed by atoms with Crippen molar-refractivity contribution in [3.8, 4) is 11.5 Å². The maximum atomic E-state index is 13.7. The third-order valence-electron chi connectivity index (χ3n) is 8.02. The molecule has 9 heteroatoms. The van der Waals surface area contributed by atoms with Gasteiger partial charge in [0.1, 0.15) is 0 Å². The number of halogens is 1. The third-order valence-corrected chi connectivity index (χ3v) is 9.33. The molecule has 0 atom stereocenters. The van der Waals surface area contributed by atoms with E-state index in [2.05, 4.69) is 11.0 Å². The van der Waals surface area contributed by atoms with Gasteiger partial charge in [-0.3, -0.25) is 14.5 Å². The molecule has 0 saturated carbocycles. The molecule has 0 N–H and O–H groups in total. The Morgan fingerprint density at radius 1 is 0.818 bits per heavy atom. The maximum Gasteiger partial charge on any atom is 0.265 e. The molecule has 3 heterocycles. The second kappa shape index (κ2) is 12.4. The highest BCUT2D eigenvalue weighted by molar-refractivity contribution is 8.04. The van der Waals surface area contributed by atoms with E-state index in [1.165, 1.54) is 17.3 Å². The highest BCUT2D eigenvalue weighted by atomic mass is 35.5. The van der Waals surface area contributed by atoms with Gasteiger partial charge in [-0.15, -0.1) is 0 Å². The van der Waals surface area contributed by atoms with Crippen LogP contribution < -0.4 is 14.4 Å². The zero-order chi connectivity index (χ0) is 30.0. The Hall–Kier alpha value is -4.24. The van der Waals surface area contributed by atoms with Crippen LogP contribution in [0.3, 0.4) is 0 Å². The van der Waals surface area contributed by atoms with Gasteiger partial charge >= 0.3 is 0 Å². The fraction of sp³-hybridized carbons (Fsp3) is 0.200. The third kappa shape index (κ3) is 6.06. The zero-order valence-electron chi connectivity index (χ0n) is 23.9. The quantitative estimate of drug-likeness (QED) is 0.223. The van der Waals surface area contributed by atoms with Crippen LogP contribution in [0.1, 0.15) is 27.0 Å². The molecule has 7 nitrogen and oxygen atoms in total. The second-order valence-corrected chi connectivity index (χ2v) is 12.5. The summed E-state index contributed by atoms with van der Waals surface area (Å²) in [5.74, 6) is 1.54. The molecule has 0 aliphatic carbocycles. The van der Waals surface area contributed by atoms with E-state index in [9.17, 15) is 9.59 Å². The molecular weight excluding hydrogens is 594 g/mol. The molecule has 222 valence electrons. The summed E-state index contributed by atoms with van der Waals surface area (Å²) < 4.78 is 10.9. The van der Waals surface area contributed by atoms with Crippen LogP contribution in [0, 0.1) is 0 Å². The monoisotopic (exact) mass is 623 g/mol. The summed E-state index contributed by atoms with van der Waals surface area (Å²) in [5, 5.41) is 0.642. The molecule has 0 bridgehead atoms. The van der Waals surface area contributed by atoms with E-state index in [0.29, 0.717) is 35.1 Å². The van der Waals surface area contributed by atoms with Crippen molar-refractivity contribution in [2.45, 2.75) is 18.0 Å². The summed E-state index contributed by atoms with van der Waals surface area (Å²) in [6.07, 6.45) is 1.90. The molecule has 3 aliphatic heterocycles. The number of hydrogen-bond acceptors (Lipinski definition) is 6. The SMILES string of the molecule is O=C(c1ccc(/C=C2/Sc3ccccc3N(Cc3cccc(Cl)c3)C2=O)cc1)N1CCN(Cc2ccc3c(c2)OCO3)CC1. The van der Waals surface area contributed by atoms with Gasteiger partial charge in [0.2, 0.25) is 6.79 Å². The minimum atomic E-state index is -0.0625. The van der Waals surface area contributed by atoms with Gasteiger partial charge in [-0.05, 0) is 71.3 Å². The van der Waals surface area contributed by atoms with Gasteiger partial charge in [0.15, 0.2) is 11.5 Å². The topological polar surface area (TPSA) is 62.3 Å². The number of hydrogen-bond donors (Lipinski definition) is 0. The van der Waals surface area contributed by atoms with Crippen LogP contribution in [-0.4, -0.2) is 54.6 Å². The average Bonchev–Trinajstić information content (AvgIpc) is 3.52. The number of carbonyl (C=O) groups is 2. The fourth-order valence-electron chi connectivity index (χ4n) is 5.70. The number of anilines is 1. The molecule has 4 aromatic carbocycles. The van der Waals surface area contributed by atoms with E-state index < -0.39 is 0 Å². The lowest BCUT2D eigenvalue weighted by atomic mass is 10.1. The van der Waals surface area contributed by atoms with E-state index >= 15 is 0 Å². The largest absolute Gasteiger partial charge is 0.454 e. The Bertz CT molecular complexity index is 1750. The van der Waals surface area contributed by atoms with Crippen molar-refractivity contribution < 1.29 is 19.1 Å². The number of benzene rings is 4. The molecule has 3 aliphatic rings. The average molecular weight is 624 g/mol. The molecule has 0 radical (unpaired) electrons. The molecular formula is C35H30ClN3O4S. The molecule has 2 amide bonds. The van der Waals surface area contributed by atoms with E-state index in [4.69, 9.17) is 21.1 Å². The number of amides is 2. The number of carbonyl (C=O) groups excluding carboxylic acids is 2. The molecule has 1 fully saturated rings. The summed E-state index contributed by atoms with van der Waals surface area (Å²) in [7, 11) is 0. The lowest BCUT2D eigenvalue weighted by Gasteiger charge is -2.34. The molecule has 4 aromatic rings. The summed E-state index contributed by atoms with van der Waals surface area (Å²) >= 11 is 7.68. The standard InChI is InChI=1S/C35H30ClN3O4S/c36-28-5-3-4-25(18-28)22-39-29-6-1-2-7-32(29)44-33(35(39)41)20-24-8-11-27(12-9-24)34(40)38-16-14-37(15-17-38)21-26-10-13-30-31(19-26)43-23-42-30/h1-13,18-20H,14-17,21-23H2/b33-20+. The fourth-order valence-corrected chi connectivity index (χ4v) is 6.97. The van der Waals surface area contributed by atoms with E-state index in [0.717, 1.165) is 52.8 Å². The van der Waals surface area contributed by atoms with Gasteiger partial charge in [0.05, 0.1) is 17.1 Å². The first-order chi connectivity index (χ1) is 21.5. The van der Waals surface area contributed by atoms with Crippen LogP contribution >= 0.6 is 23.4 Å². The van der Waals surface area contributed by atoms with E-state index in [-0.39, 0.29) is 18.6 Å². The first kappa shape index (κ1) is 28.5. The normalized spacial score (nSPS) is 17.2. The van der Waals surface area contributed by atoms with Gasteiger partial charge in [-0.2, -0.15) is 0 Å². The molecule has 0 unspecified atom stereocenters. The predicted octanol–water partition coefficient (Wildman–Crippen LogP) is 6.71. The number of thioether (sulfide) groups is 1. The number of ether oxygens (including phenoxy) is 2. The van der Waals surface area contributed by atoms with Crippen LogP contribution in [0.25, 0.3) is 6.08 Å². The Balaban J connectivity index is 1.00. The Labute approximate surface area is 265 Å². The minimum Gasteiger partial charge on any atom is -0.454 e. The van der Waals surface area contributed by atoms with E-state index in [1.54, 1.807) is 4.90 Å². The lowest BCUT2D eigenvalue weighted by Crippen LogP contribution is -2.48. The molecule has 0 aromatic heterocycles.